The number of fused-ring (bicyclic) bond motifs is 2. The normalized spacial score (nSPS) is 18.8. The number of rotatable bonds is 13. The molecule has 1 fully saturated rings. The topological polar surface area (TPSA) is 33.4 Å². The average molecular weight is 746 g/mol. The smallest absolute Gasteiger partial charge is 0.704 e. The van der Waals surface area contributed by atoms with Crippen LogP contribution in [0.2, 0.25) is 0 Å². The van der Waals surface area contributed by atoms with Crippen LogP contribution in [-0.2, 0) is 10.8 Å². The summed E-state index contributed by atoms with van der Waals surface area (Å²) >= 11 is 0. The maximum absolute atomic E-state index is 7.25. The molecule has 8 heteroatoms. The zero-order valence-electron chi connectivity index (χ0n) is 34.3. The molecule has 1 unspecified atom stereocenters. The molecule has 286 valence electrons. The second-order valence-corrected chi connectivity index (χ2v) is 17.9. The molecule has 1 saturated heterocycles. The Morgan fingerprint density at radius 2 is 1.25 bits per heavy atom. The van der Waals surface area contributed by atoms with Crippen molar-refractivity contribution in [3.8, 4) is 11.5 Å². The Bertz CT molecular complexity index is 1560. The van der Waals surface area contributed by atoms with Gasteiger partial charge in [0.05, 0.1) is 50.4 Å². The van der Waals surface area contributed by atoms with Gasteiger partial charge in [-0.1, -0.05) is 62.8 Å². The van der Waals surface area contributed by atoms with Crippen molar-refractivity contribution in [1.29, 1.82) is 0 Å². The van der Waals surface area contributed by atoms with E-state index in [1.165, 1.54) is 92.8 Å². The third-order valence-electron chi connectivity index (χ3n) is 11.7. The van der Waals surface area contributed by atoms with E-state index in [1.54, 1.807) is 9.80 Å². The van der Waals surface area contributed by atoms with Crippen LogP contribution in [0.4, 0.5) is 0 Å². The first kappa shape index (κ1) is 43.3. The van der Waals surface area contributed by atoms with E-state index >= 15 is 0 Å². The Morgan fingerprint density at radius 3 is 1.76 bits per heavy atom. The summed E-state index contributed by atoms with van der Waals surface area (Å²) in [6.45, 7) is 38.0. The Labute approximate surface area is 323 Å². The van der Waals surface area contributed by atoms with Crippen molar-refractivity contribution < 1.29 is 53.2 Å². The molecule has 0 aromatic heterocycles. The number of aryl methyl sites for hydroxylation is 1. The summed E-state index contributed by atoms with van der Waals surface area (Å²) in [5.74, 6) is 2.45. The molecule has 6 nitrogen and oxygen atoms in total. The first-order valence-electron chi connectivity index (χ1n) is 19.6. The van der Waals surface area contributed by atoms with E-state index in [4.69, 9.17) is 9.47 Å². The molecule has 1 spiro atoms. The van der Waals surface area contributed by atoms with Gasteiger partial charge in [0.2, 0.25) is 12.1 Å². The molecule has 2 aromatic rings. The van der Waals surface area contributed by atoms with Crippen LogP contribution in [0, 0.1) is 6.92 Å². The maximum atomic E-state index is 7.25. The summed E-state index contributed by atoms with van der Waals surface area (Å²) in [5.41, 5.74) is 7.29. The molecule has 3 aliphatic heterocycles. The molecule has 3 aliphatic rings. The van der Waals surface area contributed by atoms with Gasteiger partial charge in [0, 0.05) is 19.4 Å². The predicted molar refractivity (Wildman–Crippen MR) is 204 cm³/mol. The van der Waals surface area contributed by atoms with Gasteiger partial charge in [-0.05, 0) is 106 Å². The standard InChI is InChI=1S/C43H68N4O2.2ClH/c1-14-44(15-2)22-18-20-32(21-19-23-45(16-3)17-4)33-24-31(5)38-34(25-33)28-46-30-42(12,13)47-29-35-26-36(40(6,7)8)27-37(41(9,10)11)39(35)49-43(46,47)48-38;;/h24-29,32H,14-23,30H2,1-13H3;2*1H/q+2;;. The lowest BCUT2D eigenvalue weighted by Gasteiger charge is -2.33. The SMILES string of the molecule is CC[NH+](CC)CCCC(CCC[NH+](CC)CC)c1cc(C)c2c(c1)C=[N+]1CC(C)(C)[N+]3=Cc4cc(C(C)(C)C)cc(C(C)(C)C)c4OC13O2.[Cl-].[Cl-]. The molecule has 0 saturated carbocycles. The molecule has 1 atom stereocenters. The number of ether oxygens (including phenoxy) is 2. The van der Waals surface area contributed by atoms with E-state index in [0.29, 0.717) is 5.92 Å². The summed E-state index contributed by atoms with van der Waals surface area (Å²) in [5, 5.41) is 0. The Morgan fingerprint density at radius 1 is 0.725 bits per heavy atom. The van der Waals surface area contributed by atoms with Gasteiger partial charge < -0.3 is 44.1 Å². The van der Waals surface area contributed by atoms with Gasteiger partial charge in [0.15, 0.2) is 23.9 Å². The minimum absolute atomic E-state index is 0. The minimum Gasteiger partial charge on any atom is -1.00 e. The van der Waals surface area contributed by atoms with E-state index in [-0.39, 0.29) is 41.2 Å². The van der Waals surface area contributed by atoms with Crippen molar-refractivity contribution in [3.05, 3.63) is 57.6 Å². The van der Waals surface area contributed by atoms with Crippen molar-refractivity contribution in [2.45, 2.75) is 144 Å². The van der Waals surface area contributed by atoms with E-state index < -0.39 is 6.03 Å². The third kappa shape index (κ3) is 8.82. The van der Waals surface area contributed by atoms with Crippen molar-refractivity contribution in [3.63, 3.8) is 0 Å². The summed E-state index contributed by atoms with van der Waals surface area (Å²) in [7, 11) is 0. The van der Waals surface area contributed by atoms with Gasteiger partial charge >= 0.3 is 6.03 Å². The van der Waals surface area contributed by atoms with Gasteiger partial charge in [-0.25, -0.2) is 0 Å². The Balaban J connectivity index is 0.00000351. The van der Waals surface area contributed by atoms with E-state index in [2.05, 4.69) is 136 Å². The second-order valence-electron chi connectivity index (χ2n) is 17.9. The zero-order chi connectivity index (χ0) is 35.9. The fourth-order valence-electron chi connectivity index (χ4n) is 8.34. The highest BCUT2D eigenvalue weighted by atomic mass is 35.5. The highest BCUT2D eigenvalue weighted by Gasteiger charge is 2.75. The first-order valence-corrected chi connectivity index (χ1v) is 19.6. The monoisotopic (exact) mass is 744 g/mol. The van der Waals surface area contributed by atoms with Crippen LogP contribution in [0.5, 0.6) is 11.5 Å². The van der Waals surface area contributed by atoms with Gasteiger partial charge in [-0.2, -0.15) is 0 Å². The lowest BCUT2D eigenvalue weighted by atomic mass is 9.79. The fraction of sp³-hybridized carbons (Fsp3) is 0.674. The molecule has 5 rings (SSSR count). The molecule has 2 aromatic carbocycles. The summed E-state index contributed by atoms with van der Waals surface area (Å²) in [6, 6.07) is 8.51. The molecule has 3 heterocycles. The van der Waals surface area contributed by atoms with Crippen LogP contribution in [0.25, 0.3) is 0 Å². The van der Waals surface area contributed by atoms with Gasteiger partial charge in [0.25, 0.3) is 0 Å². The Hall–Kier alpha value is -2.12. The lowest BCUT2D eigenvalue weighted by molar-refractivity contribution is -0.896. The van der Waals surface area contributed by atoms with E-state index in [9.17, 15) is 0 Å². The number of nitrogens with zero attached hydrogens (tertiary/aromatic N) is 2. The zero-order valence-corrected chi connectivity index (χ0v) is 35.8. The molecule has 0 radical (unpaired) electrons. The quantitative estimate of drug-likeness (QED) is 0.280. The van der Waals surface area contributed by atoms with E-state index in [0.717, 1.165) is 23.6 Å². The van der Waals surface area contributed by atoms with Crippen LogP contribution in [-0.4, -0.2) is 79.0 Å². The first-order chi connectivity index (χ1) is 23.0. The van der Waals surface area contributed by atoms with Crippen LogP contribution in [0.15, 0.2) is 24.3 Å². The maximum Gasteiger partial charge on any atom is 0.704 e. The van der Waals surface area contributed by atoms with Gasteiger partial charge in [-0.3, -0.25) is 0 Å². The highest BCUT2D eigenvalue weighted by Crippen LogP contribution is 2.47. The number of benzene rings is 2. The molecule has 0 bridgehead atoms. The van der Waals surface area contributed by atoms with Crippen molar-refractivity contribution in [1.82, 2.24) is 0 Å². The largest absolute Gasteiger partial charge is 1.00 e. The van der Waals surface area contributed by atoms with Crippen molar-refractivity contribution >= 4 is 12.4 Å². The number of halogens is 2. The number of hydrogen-bond donors (Lipinski definition) is 2. The fourth-order valence-corrected chi connectivity index (χ4v) is 8.34. The molecule has 0 amide bonds. The minimum atomic E-state index is -1.06. The number of hydrogen-bond acceptors (Lipinski definition) is 2. The number of quaternary nitrogens is 2. The van der Waals surface area contributed by atoms with Crippen molar-refractivity contribution in [2.75, 3.05) is 45.8 Å². The summed E-state index contributed by atoms with van der Waals surface area (Å²) in [6.07, 6.45) is 9.68. The van der Waals surface area contributed by atoms with Gasteiger partial charge in [0.1, 0.15) is 0 Å². The van der Waals surface area contributed by atoms with Gasteiger partial charge in [-0.15, -0.1) is 0 Å². The third-order valence-corrected chi connectivity index (χ3v) is 11.7. The molecule has 0 aliphatic carbocycles. The summed E-state index contributed by atoms with van der Waals surface area (Å²) < 4.78 is 19.1. The Kier molecular flexibility index (Phi) is 14.0. The van der Waals surface area contributed by atoms with Crippen LogP contribution >= 0.6 is 0 Å². The lowest BCUT2D eigenvalue weighted by Crippen LogP contribution is -3.11. The van der Waals surface area contributed by atoms with E-state index in [1.807, 2.05) is 0 Å². The number of nitrogens with one attached hydrogen (secondary N) is 2. The predicted octanol–water partition coefficient (Wildman–Crippen LogP) is -0.157. The molecular formula is C43H70Cl2N4O2+2. The molecular weight excluding hydrogens is 675 g/mol. The molecule has 51 heavy (non-hydrogen) atoms. The molecule has 2 N–H and O–H groups in total. The summed E-state index contributed by atoms with van der Waals surface area (Å²) in [4.78, 5) is 3.41. The highest BCUT2D eigenvalue weighted by molar-refractivity contribution is 5.85. The van der Waals surface area contributed by atoms with Crippen LogP contribution in [0.3, 0.4) is 0 Å². The van der Waals surface area contributed by atoms with Crippen LogP contribution < -0.4 is 44.1 Å². The van der Waals surface area contributed by atoms with Crippen molar-refractivity contribution in [2.24, 2.45) is 0 Å². The van der Waals surface area contributed by atoms with Crippen LogP contribution in [0.1, 0.15) is 148 Å². The average Bonchev–Trinajstić information content (AvgIpc) is 3.25. The second kappa shape index (κ2) is 16.5.